The molecular formula is C19H19N3O3. The number of rotatable bonds is 5. The van der Waals surface area contributed by atoms with Crippen molar-refractivity contribution in [2.45, 2.75) is 45.4 Å². The Morgan fingerprint density at radius 2 is 2.24 bits per heavy atom. The van der Waals surface area contributed by atoms with Crippen LogP contribution in [0, 0.1) is 6.92 Å². The molecule has 0 spiro atoms. The molecule has 128 valence electrons. The lowest BCUT2D eigenvalue weighted by molar-refractivity contribution is 0.0968. The van der Waals surface area contributed by atoms with Crippen molar-refractivity contribution in [3.8, 4) is 11.4 Å². The van der Waals surface area contributed by atoms with Crippen molar-refractivity contribution in [1.29, 1.82) is 0 Å². The minimum absolute atomic E-state index is 0.0407. The van der Waals surface area contributed by atoms with Crippen LogP contribution in [0.3, 0.4) is 0 Å². The molecule has 0 saturated carbocycles. The molecule has 4 rings (SSSR count). The fraction of sp³-hybridized carbons (Fsp3) is 0.368. The highest BCUT2D eigenvalue weighted by Gasteiger charge is 2.27. The molecule has 6 nitrogen and oxygen atoms in total. The van der Waals surface area contributed by atoms with Crippen LogP contribution in [0.1, 0.15) is 58.9 Å². The van der Waals surface area contributed by atoms with Crippen molar-refractivity contribution in [3.63, 3.8) is 0 Å². The second kappa shape index (κ2) is 6.27. The molecule has 0 fully saturated rings. The standard InChI is InChI=1S/C19H19N3O3/c1-3-17-21-19(22-25-17)14-6-7-15-12(8-14)4-5-13(15)9-16(23)18-11(2)24-10-20-18/h6-8,10,13H,3-5,9H2,1-2H3/t13-/m0/s1. The van der Waals surface area contributed by atoms with E-state index in [-0.39, 0.29) is 11.7 Å². The largest absolute Gasteiger partial charge is 0.448 e. The Bertz CT molecular complexity index is 926. The van der Waals surface area contributed by atoms with Gasteiger partial charge in [-0.05, 0) is 42.9 Å². The molecule has 0 unspecified atom stereocenters. The molecule has 0 N–H and O–H groups in total. The van der Waals surface area contributed by atoms with Crippen molar-refractivity contribution in [2.24, 2.45) is 0 Å². The maximum atomic E-state index is 12.5. The summed E-state index contributed by atoms with van der Waals surface area (Å²) in [5.74, 6) is 2.12. The van der Waals surface area contributed by atoms with E-state index in [4.69, 9.17) is 8.94 Å². The minimum atomic E-state index is 0.0407. The molecule has 1 aliphatic carbocycles. The Kier molecular flexibility index (Phi) is 3.95. The Morgan fingerprint density at radius 1 is 1.36 bits per heavy atom. The van der Waals surface area contributed by atoms with Crippen LogP contribution in [-0.2, 0) is 12.8 Å². The Morgan fingerprint density at radius 3 is 2.96 bits per heavy atom. The highest BCUT2D eigenvalue weighted by Crippen LogP contribution is 2.38. The third kappa shape index (κ3) is 2.88. The van der Waals surface area contributed by atoms with Crippen LogP contribution in [0.25, 0.3) is 11.4 Å². The van der Waals surface area contributed by atoms with E-state index in [1.54, 1.807) is 6.92 Å². The molecule has 2 aromatic heterocycles. The van der Waals surface area contributed by atoms with Gasteiger partial charge in [0.05, 0.1) is 0 Å². The molecule has 0 bridgehead atoms. The Hall–Kier alpha value is -2.76. The van der Waals surface area contributed by atoms with E-state index in [0.717, 1.165) is 24.8 Å². The Labute approximate surface area is 145 Å². The average Bonchev–Trinajstić information content (AvgIpc) is 3.34. The van der Waals surface area contributed by atoms with Gasteiger partial charge in [0.25, 0.3) is 0 Å². The normalized spacial score (nSPS) is 16.2. The van der Waals surface area contributed by atoms with E-state index in [0.29, 0.717) is 29.6 Å². The van der Waals surface area contributed by atoms with Crippen LogP contribution in [0.2, 0.25) is 0 Å². The predicted octanol–water partition coefficient (Wildman–Crippen LogP) is 3.90. The first-order valence-corrected chi connectivity index (χ1v) is 8.54. The lowest BCUT2D eigenvalue weighted by atomic mass is 9.93. The van der Waals surface area contributed by atoms with E-state index in [9.17, 15) is 4.79 Å². The smallest absolute Gasteiger partial charge is 0.226 e. The number of hydrogen-bond donors (Lipinski definition) is 0. The monoisotopic (exact) mass is 337 g/mol. The van der Waals surface area contributed by atoms with Crippen LogP contribution >= 0.6 is 0 Å². The fourth-order valence-corrected chi connectivity index (χ4v) is 3.47. The molecular weight excluding hydrogens is 318 g/mol. The number of oxazole rings is 1. The number of hydrogen-bond acceptors (Lipinski definition) is 6. The summed E-state index contributed by atoms with van der Waals surface area (Å²) in [5.41, 5.74) is 3.90. The summed E-state index contributed by atoms with van der Waals surface area (Å²) in [6.45, 7) is 3.75. The summed E-state index contributed by atoms with van der Waals surface area (Å²) in [6.07, 6.45) is 4.43. The summed E-state index contributed by atoms with van der Waals surface area (Å²) >= 11 is 0. The first-order valence-electron chi connectivity index (χ1n) is 8.54. The third-order valence-corrected chi connectivity index (χ3v) is 4.81. The summed E-state index contributed by atoms with van der Waals surface area (Å²) in [4.78, 5) is 20.9. The summed E-state index contributed by atoms with van der Waals surface area (Å²) in [6, 6.07) is 6.21. The van der Waals surface area contributed by atoms with E-state index < -0.39 is 0 Å². The minimum Gasteiger partial charge on any atom is -0.448 e. The van der Waals surface area contributed by atoms with Gasteiger partial charge in [0.1, 0.15) is 11.5 Å². The van der Waals surface area contributed by atoms with Crippen LogP contribution < -0.4 is 0 Å². The van der Waals surface area contributed by atoms with Gasteiger partial charge in [-0.15, -0.1) is 0 Å². The molecule has 2 heterocycles. The number of Topliss-reactive ketones (excluding diaryl/α,β-unsaturated/α-hetero) is 1. The predicted molar refractivity (Wildman–Crippen MR) is 90.4 cm³/mol. The topological polar surface area (TPSA) is 82.0 Å². The number of carbonyl (C=O) groups excluding carboxylic acids is 1. The average molecular weight is 337 g/mol. The van der Waals surface area contributed by atoms with Gasteiger partial charge in [-0.2, -0.15) is 4.98 Å². The first-order chi connectivity index (χ1) is 12.2. The van der Waals surface area contributed by atoms with Crippen LogP contribution in [0.5, 0.6) is 0 Å². The van der Waals surface area contributed by atoms with Crippen LogP contribution in [-0.4, -0.2) is 20.9 Å². The second-order valence-corrected chi connectivity index (χ2v) is 6.40. The molecule has 0 saturated heterocycles. The fourth-order valence-electron chi connectivity index (χ4n) is 3.47. The van der Waals surface area contributed by atoms with E-state index in [1.165, 1.54) is 17.5 Å². The molecule has 1 aromatic carbocycles. The SMILES string of the molecule is CCc1nc(-c2ccc3c(c2)CC[C@H]3CC(=O)c2ncoc2C)no1. The number of ketones is 1. The zero-order valence-electron chi connectivity index (χ0n) is 14.3. The van der Waals surface area contributed by atoms with Gasteiger partial charge in [0, 0.05) is 18.4 Å². The molecule has 1 aliphatic rings. The Balaban J connectivity index is 1.55. The zero-order valence-corrected chi connectivity index (χ0v) is 14.3. The van der Waals surface area contributed by atoms with E-state index >= 15 is 0 Å². The number of nitrogens with zero attached hydrogens (tertiary/aromatic N) is 3. The zero-order chi connectivity index (χ0) is 17.4. The summed E-state index contributed by atoms with van der Waals surface area (Å²) in [7, 11) is 0. The van der Waals surface area contributed by atoms with Crippen molar-refractivity contribution < 1.29 is 13.7 Å². The second-order valence-electron chi connectivity index (χ2n) is 6.40. The lowest BCUT2D eigenvalue weighted by Gasteiger charge is -2.10. The van der Waals surface area contributed by atoms with Gasteiger partial charge in [0.15, 0.2) is 12.2 Å². The maximum Gasteiger partial charge on any atom is 0.226 e. The van der Waals surface area contributed by atoms with E-state index in [2.05, 4.69) is 27.3 Å². The molecule has 1 atom stereocenters. The number of aromatic nitrogens is 3. The molecule has 6 heteroatoms. The first kappa shape index (κ1) is 15.7. The summed E-state index contributed by atoms with van der Waals surface area (Å²) < 4.78 is 10.3. The number of fused-ring (bicyclic) bond motifs is 1. The van der Waals surface area contributed by atoms with Crippen molar-refractivity contribution in [2.75, 3.05) is 0 Å². The number of benzene rings is 1. The van der Waals surface area contributed by atoms with Crippen molar-refractivity contribution in [3.05, 3.63) is 53.1 Å². The third-order valence-electron chi connectivity index (χ3n) is 4.81. The quantitative estimate of drug-likeness (QED) is 0.657. The van der Waals surface area contributed by atoms with Crippen molar-refractivity contribution >= 4 is 5.78 Å². The molecule has 3 aromatic rings. The molecule has 25 heavy (non-hydrogen) atoms. The summed E-state index contributed by atoms with van der Waals surface area (Å²) in [5, 5.41) is 4.03. The lowest BCUT2D eigenvalue weighted by Crippen LogP contribution is -2.07. The van der Waals surface area contributed by atoms with Crippen LogP contribution in [0.15, 0.2) is 33.5 Å². The van der Waals surface area contributed by atoms with Gasteiger partial charge in [-0.1, -0.05) is 24.2 Å². The van der Waals surface area contributed by atoms with Gasteiger partial charge in [0.2, 0.25) is 11.7 Å². The molecule has 0 radical (unpaired) electrons. The highest BCUT2D eigenvalue weighted by molar-refractivity contribution is 5.95. The van der Waals surface area contributed by atoms with Crippen molar-refractivity contribution in [1.82, 2.24) is 15.1 Å². The maximum absolute atomic E-state index is 12.5. The van der Waals surface area contributed by atoms with Crippen LogP contribution in [0.4, 0.5) is 0 Å². The van der Waals surface area contributed by atoms with Gasteiger partial charge >= 0.3 is 0 Å². The highest BCUT2D eigenvalue weighted by atomic mass is 16.5. The van der Waals surface area contributed by atoms with Gasteiger partial charge in [-0.25, -0.2) is 4.98 Å². The molecule has 0 amide bonds. The number of aryl methyl sites for hydroxylation is 3. The van der Waals surface area contributed by atoms with Gasteiger partial charge in [-0.3, -0.25) is 4.79 Å². The van der Waals surface area contributed by atoms with E-state index in [1.807, 2.05) is 13.0 Å². The molecule has 0 aliphatic heterocycles. The number of carbonyl (C=O) groups is 1. The van der Waals surface area contributed by atoms with Gasteiger partial charge < -0.3 is 8.94 Å².